The maximum atomic E-state index is 5.73. The van der Waals surface area contributed by atoms with E-state index < -0.39 is 0 Å². The fourth-order valence-electron chi connectivity index (χ4n) is 2.09. The summed E-state index contributed by atoms with van der Waals surface area (Å²) in [5, 5.41) is 7.46. The average Bonchev–Trinajstić information content (AvgIpc) is 2.78. The first kappa shape index (κ1) is 13.5. The Morgan fingerprint density at radius 3 is 2.95 bits per heavy atom. The number of rotatable bonds is 3. The van der Waals surface area contributed by atoms with E-state index in [0.29, 0.717) is 0 Å². The molecule has 106 valence electrons. The van der Waals surface area contributed by atoms with Crippen LogP contribution >= 0.6 is 11.3 Å². The van der Waals surface area contributed by atoms with E-state index in [-0.39, 0.29) is 6.10 Å². The topological polar surface area (TPSA) is 59.1 Å². The number of hydrogen-bond acceptors (Lipinski definition) is 6. The summed E-state index contributed by atoms with van der Waals surface area (Å²) in [5.41, 5.74) is 2.01. The van der Waals surface area contributed by atoms with E-state index in [4.69, 9.17) is 4.74 Å². The van der Waals surface area contributed by atoms with Crippen molar-refractivity contribution in [3.05, 3.63) is 34.5 Å². The lowest BCUT2D eigenvalue weighted by molar-refractivity contribution is 0.0251. The second kappa shape index (κ2) is 5.87. The molecule has 1 saturated heterocycles. The molecule has 0 amide bonds. The van der Waals surface area contributed by atoms with Crippen molar-refractivity contribution >= 4 is 22.3 Å². The normalized spacial score (nSPS) is 19.0. The molecular formula is C14H18N4OS. The van der Waals surface area contributed by atoms with Gasteiger partial charge >= 0.3 is 0 Å². The Bertz CT molecular complexity index is 573. The van der Waals surface area contributed by atoms with Gasteiger partial charge in [0.1, 0.15) is 11.9 Å². The molecule has 2 aromatic heterocycles. The minimum atomic E-state index is 0.0327. The molecule has 0 spiro atoms. The first-order chi connectivity index (χ1) is 9.72. The predicted octanol–water partition coefficient (Wildman–Crippen LogP) is 2.56. The van der Waals surface area contributed by atoms with Gasteiger partial charge in [-0.3, -0.25) is 0 Å². The molecule has 1 aliphatic heterocycles. The van der Waals surface area contributed by atoms with Crippen molar-refractivity contribution in [3.8, 4) is 0 Å². The SMILES string of the molecule is Cc1nc(Nc2cccc([C@@H]3CNCCO3)n2)sc1C. The molecule has 0 saturated carbocycles. The first-order valence-electron chi connectivity index (χ1n) is 6.73. The van der Waals surface area contributed by atoms with Crippen LogP contribution in [-0.2, 0) is 4.74 Å². The zero-order valence-electron chi connectivity index (χ0n) is 11.6. The van der Waals surface area contributed by atoms with Crippen molar-refractivity contribution in [2.24, 2.45) is 0 Å². The quantitative estimate of drug-likeness (QED) is 0.910. The molecule has 2 aromatic rings. The highest BCUT2D eigenvalue weighted by atomic mass is 32.1. The fraction of sp³-hybridized carbons (Fsp3) is 0.429. The third kappa shape index (κ3) is 2.98. The number of pyridine rings is 1. The van der Waals surface area contributed by atoms with E-state index in [9.17, 15) is 0 Å². The summed E-state index contributed by atoms with van der Waals surface area (Å²) in [6.45, 7) is 6.54. The standard InChI is InChI=1S/C14H18N4OS/c1-9-10(2)20-14(16-9)18-13-5-3-4-11(17-13)12-8-15-6-7-19-12/h3-5,12,15H,6-8H2,1-2H3,(H,16,17,18)/t12-/m0/s1. The van der Waals surface area contributed by atoms with Gasteiger partial charge in [-0.2, -0.15) is 0 Å². The van der Waals surface area contributed by atoms with Crippen LogP contribution in [0.5, 0.6) is 0 Å². The Morgan fingerprint density at radius 2 is 2.25 bits per heavy atom. The lowest BCUT2D eigenvalue weighted by Crippen LogP contribution is -2.33. The monoisotopic (exact) mass is 290 g/mol. The predicted molar refractivity (Wildman–Crippen MR) is 80.7 cm³/mol. The van der Waals surface area contributed by atoms with Crippen LogP contribution in [0.4, 0.5) is 10.9 Å². The molecule has 3 rings (SSSR count). The van der Waals surface area contributed by atoms with Crippen molar-refractivity contribution in [1.82, 2.24) is 15.3 Å². The summed E-state index contributed by atoms with van der Waals surface area (Å²) in [5.74, 6) is 0.811. The van der Waals surface area contributed by atoms with E-state index >= 15 is 0 Å². The van der Waals surface area contributed by atoms with Gasteiger partial charge in [-0.25, -0.2) is 9.97 Å². The Hall–Kier alpha value is -1.50. The zero-order chi connectivity index (χ0) is 13.9. The molecular weight excluding hydrogens is 272 g/mol. The number of aromatic nitrogens is 2. The van der Waals surface area contributed by atoms with Gasteiger partial charge in [0, 0.05) is 18.0 Å². The molecule has 0 bridgehead atoms. The van der Waals surface area contributed by atoms with E-state index in [2.05, 4.69) is 27.5 Å². The number of nitrogens with zero attached hydrogens (tertiary/aromatic N) is 2. The minimum Gasteiger partial charge on any atom is -0.369 e. The molecule has 3 heterocycles. The largest absolute Gasteiger partial charge is 0.369 e. The van der Waals surface area contributed by atoms with Gasteiger partial charge in [-0.15, -0.1) is 11.3 Å². The third-order valence-corrected chi connectivity index (χ3v) is 4.28. The number of nitrogens with one attached hydrogen (secondary N) is 2. The number of hydrogen-bond donors (Lipinski definition) is 2. The van der Waals surface area contributed by atoms with Gasteiger partial charge in [0.2, 0.25) is 0 Å². The summed E-state index contributed by atoms with van der Waals surface area (Å²) in [4.78, 5) is 10.3. The molecule has 0 radical (unpaired) electrons. The maximum Gasteiger partial charge on any atom is 0.188 e. The number of ether oxygens (including phenoxy) is 1. The molecule has 1 atom stereocenters. The molecule has 0 aromatic carbocycles. The number of morpholine rings is 1. The van der Waals surface area contributed by atoms with Gasteiger partial charge in [0.05, 0.1) is 18.0 Å². The van der Waals surface area contributed by atoms with Crippen molar-refractivity contribution in [2.75, 3.05) is 25.0 Å². The first-order valence-corrected chi connectivity index (χ1v) is 7.54. The molecule has 5 nitrogen and oxygen atoms in total. The number of anilines is 2. The number of aryl methyl sites for hydroxylation is 2. The van der Waals surface area contributed by atoms with Crippen LogP contribution in [0.3, 0.4) is 0 Å². The lowest BCUT2D eigenvalue weighted by Gasteiger charge is -2.23. The smallest absolute Gasteiger partial charge is 0.188 e. The van der Waals surface area contributed by atoms with E-state index in [1.54, 1.807) is 11.3 Å². The highest BCUT2D eigenvalue weighted by Gasteiger charge is 2.17. The Balaban J connectivity index is 1.76. The molecule has 0 unspecified atom stereocenters. The van der Waals surface area contributed by atoms with Crippen molar-refractivity contribution in [1.29, 1.82) is 0 Å². The molecule has 2 N–H and O–H groups in total. The van der Waals surface area contributed by atoms with Gasteiger partial charge in [-0.1, -0.05) is 6.07 Å². The molecule has 1 aliphatic rings. The highest BCUT2D eigenvalue weighted by molar-refractivity contribution is 7.15. The maximum absolute atomic E-state index is 5.73. The Labute approximate surface area is 122 Å². The lowest BCUT2D eigenvalue weighted by atomic mass is 10.2. The second-order valence-electron chi connectivity index (χ2n) is 4.80. The van der Waals surface area contributed by atoms with Crippen LogP contribution in [-0.4, -0.2) is 29.7 Å². The highest BCUT2D eigenvalue weighted by Crippen LogP contribution is 2.25. The van der Waals surface area contributed by atoms with Crippen LogP contribution in [0.2, 0.25) is 0 Å². The summed E-state index contributed by atoms with van der Waals surface area (Å²) in [6, 6.07) is 5.95. The molecule has 6 heteroatoms. The van der Waals surface area contributed by atoms with Gasteiger partial charge in [0.25, 0.3) is 0 Å². The summed E-state index contributed by atoms with van der Waals surface area (Å²) >= 11 is 1.64. The van der Waals surface area contributed by atoms with Crippen LogP contribution in [0.25, 0.3) is 0 Å². The van der Waals surface area contributed by atoms with Crippen LogP contribution in [0.1, 0.15) is 22.4 Å². The van der Waals surface area contributed by atoms with Crippen molar-refractivity contribution in [2.45, 2.75) is 20.0 Å². The van der Waals surface area contributed by atoms with Crippen molar-refractivity contribution in [3.63, 3.8) is 0 Å². The zero-order valence-corrected chi connectivity index (χ0v) is 12.5. The summed E-state index contributed by atoms with van der Waals surface area (Å²) in [6.07, 6.45) is 0.0327. The summed E-state index contributed by atoms with van der Waals surface area (Å²) < 4.78 is 5.73. The molecule has 20 heavy (non-hydrogen) atoms. The van der Waals surface area contributed by atoms with Gasteiger partial charge in [0.15, 0.2) is 5.13 Å². The van der Waals surface area contributed by atoms with Crippen LogP contribution in [0.15, 0.2) is 18.2 Å². The van der Waals surface area contributed by atoms with Crippen molar-refractivity contribution < 1.29 is 4.74 Å². The third-order valence-electron chi connectivity index (χ3n) is 3.29. The summed E-state index contributed by atoms with van der Waals surface area (Å²) in [7, 11) is 0. The fourth-order valence-corrected chi connectivity index (χ4v) is 2.91. The van der Waals surface area contributed by atoms with E-state index in [1.807, 2.05) is 25.1 Å². The van der Waals surface area contributed by atoms with Gasteiger partial charge in [-0.05, 0) is 26.0 Å². The minimum absolute atomic E-state index is 0.0327. The Morgan fingerprint density at radius 1 is 1.35 bits per heavy atom. The Kier molecular flexibility index (Phi) is 3.95. The number of thiazole rings is 1. The molecule has 0 aliphatic carbocycles. The average molecular weight is 290 g/mol. The van der Waals surface area contributed by atoms with E-state index in [0.717, 1.165) is 42.0 Å². The molecule has 1 fully saturated rings. The van der Waals surface area contributed by atoms with Crippen LogP contribution < -0.4 is 10.6 Å². The van der Waals surface area contributed by atoms with Gasteiger partial charge < -0.3 is 15.4 Å². The van der Waals surface area contributed by atoms with E-state index in [1.165, 1.54) is 4.88 Å². The van der Waals surface area contributed by atoms with Crippen LogP contribution in [0, 0.1) is 13.8 Å². The second-order valence-corrected chi connectivity index (χ2v) is 6.00.